The molecule has 0 aliphatic carbocycles. The molecular weight excluding hydrogens is 219 g/mol. The zero-order valence-electron chi connectivity index (χ0n) is 9.08. The van der Waals surface area contributed by atoms with Crippen molar-refractivity contribution in [2.75, 3.05) is 0 Å². The Morgan fingerprint density at radius 1 is 1.00 bits per heavy atom. The van der Waals surface area contributed by atoms with Crippen molar-refractivity contribution < 1.29 is 0 Å². The Balaban J connectivity index is 3.09. The Hall–Kier alpha value is 0.797. The highest BCUT2D eigenvalue weighted by molar-refractivity contribution is 7.44. The number of rotatable bonds is 7. The van der Waals surface area contributed by atoms with Gasteiger partial charge in [0.05, 0.1) is 0 Å². The second kappa shape index (κ2) is 7.14. The second-order valence-corrected chi connectivity index (χ2v) is 12.6. The van der Waals surface area contributed by atoms with Crippen LogP contribution in [0.2, 0.25) is 12.6 Å². The van der Waals surface area contributed by atoms with Gasteiger partial charge in [0.1, 0.15) is 0 Å². The summed E-state index contributed by atoms with van der Waals surface area (Å²) in [5, 5.41) is 0. The quantitative estimate of drug-likeness (QED) is 0.329. The lowest BCUT2D eigenvalue weighted by molar-refractivity contribution is 0.524. The van der Waals surface area contributed by atoms with Gasteiger partial charge in [-0.25, -0.2) is 0 Å². The third kappa shape index (κ3) is 12.8. The third-order valence-electron chi connectivity index (χ3n) is 2.15. The van der Waals surface area contributed by atoms with Crippen LogP contribution in [0.3, 0.4) is 0 Å². The predicted octanol–water partition coefficient (Wildman–Crippen LogP) is 5.14. The largest absolute Gasteiger partial charge is 0.248 e. The molecule has 13 heavy (non-hydrogen) atoms. The summed E-state index contributed by atoms with van der Waals surface area (Å²) >= 11 is 12.0. The van der Waals surface area contributed by atoms with E-state index in [4.69, 9.17) is 22.2 Å². The third-order valence-corrected chi connectivity index (χ3v) is 4.51. The van der Waals surface area contributed by atoms with E-state index in [1.165, 1.54) is 32.1 Å². The van der Waals surface area contributed by atoms with E-state index in [0.29, 0.717) is 0 Å². The van der Waals surface area contributed by atoms with Crippen LogP contribution >= 0.6 is 22.2 Å². The summed E-state index contributed by atoms with van der Waals surface area (Å²) < 4.78 is 0. The number of unbranched alkanes of at least 4 members (excludes halogenated alkanes) is 3. The second-order valence-electron chi connectivity index (χ2n) is 4.42. The van der Waals surface area contributed by atoms with E-state index in [9.17, 15) is 0 Å². The minimum Gasteiger partial charge on any atom is -0.146 e. The van der Waals surface area contributed by atoms with Gasteiger partial charge in [0.25, 0.3) is 0 Å². The Bertz CT molecular complexity index is 119. The Kier molecular flexibility index (Phi) is 7.57. The zero-order valence-corrected chi connectivity index (χ0v) is 11.6. The summed E-state index contributed by atoms with van der Waals surface area (Å²) in [7, 11) is 0. The van der Waals surface area contributed by atoms with Gasteiger partial charge in [0, 0.05) is 0 Å². The maximum Gasteiger partial charge on any atom is 0.248 e. The maximum absolute atomic E-state index is 6.00. The molecule has 0 aliphatic rings. The fourth-order valence-corrected chi connectivity index (χ4v) is 3.01. The van der Waals surface area contributed by atoms with Gasteiger partial charge in [-0.2, -0.15) is 0 Å². The van der Waals surface area contributed by atoms with Crippen LogP contribution in [-0.2, 0) is 0 Å². The summed E-state index contributed by atoms with van der Waals surface area (Å²) in [6, 6.07) is 1.05. The van der Waals surface area contributed by atoms with Gasteiger partial charge in [-0.15, -0.1) is 22.2 Å². The molecule has 0 fully saturated rings. The van der Waals surface area contributed by atoms with Gasteiger partial charge < -0.3 is 0 Å². The van der Waals surface area contributed by atoms with E-state index in [-0.39, 0.29) is 0 Å². The highest BCUT2D eigenvalue weighted by Gasteiger charge is 2.19. The SMILES string of the molecule is CC(C)CCCCCC[Si](C)(Cl)Cl. The van der Waals surface area contributed by atoms with E-state index in [1.54, 1.807) is 0 Å². The molecule has 0 N–H and O–H groups in total. The van der Waals surface area contributed by atoms with Gasteiger partial charge in [0.15, 0.2) is 0 Å². The lowest BCUT2D eigenvalue weighted by atomic mass is 10.0. The molecule has 0 aromatic heterocycles. The minimum atomic E-state index is -1.79. The van der Waals surface area contributed by atoms with Gasteiger partial charge in [-0.3, -0.25) is 0 Å². The van der Waals surface area contributed by atoms with Crippen molar-refractivity contribution in [2.24, 2.45) is 5.92 Å². The average molecular weight is 241 g/mol. The van der Waals surface area contributed by atoms with Crippen molar-refractivity contribution in [3.05, 3.63) is 0 Å². The molecule has 0 nitrogen and oxygen atoms in total. The average Bonchev–Trinajstić information content (AvgIpc) is 1.93. The molecule has 3 heteroatoms. The van der Waals surface area contributed by atoms with Crippen LogP contribution < -0.4 is 0 Å². The molecule has 0 heterocycles. The molecule has 0 atom stereocenters. The van der Waals surface area contributed by atoms with Crippen molar-refractivity contribution in [3.8, 4) is 0 Å². The molecule has 0 aromatic carbocycles. The van der Waals surface area contributed by atoms with Gasteiger partial charge >= 0.3 is 0 Å². The first kappa shape index (κ1) is 13.8. The molecule has 0 aliphatic heterocycles. The molecule has 0 saturated heterocycles. The highest BCUT2D eigenvalue weighted by atomic mass is 35.7. The van der Waals surface area contributed by atoms with Gasteiger partial charge in [-0.05, 0) is 18.5 Å². The summed E-state index contributed by atoms with van der Waals surface area (Å²) in [4.78, 5) is 0. The highest BCUT2D eigenvalue weighted by Crippen LogP contribution is 2.23. The predicted molar refractivity (Wildman–Crippen MR) is 66.1 cm³/mol. The summed E-state index contributed by atoms with van der Waals surface area (Å²) in [6.45, 7) is 4.77. The van der Waals surface area contributed by atoms with Gasteiger partial charge in [0.2, 0.25) is 6.69 Å². The van der Waals surface area contributed by atoms with Crippen molar-refractivity contribution in [3.63, 3.8) is 0 Å². The molecule has 80 valence electrons. The van der Waals surface area contributed by atoms with Crippen LogP contribution in [0.1, 0.15) is 46.0 Å². The number of halogens is 2. The molecular formula is C10H22Cl2Si. The molecule has 0 spiro atoms. The molecule has 0 amide bonds. The standard InChI is InChI=1S/C10H22Cl2Si/c1-10(2)8-6-4-5-7-9-13(3,11)12/h10H,4-9H2,1-3H3. The molecule has 0 rings (SSSR count). The van der Waals surface area contributed by atoms with E-state index in [0.717, 1.165) is 12.0 Å². The summed E-state index contributed by atoms with van der Waals surface area (Å²) in [5.41, 5.74) is 0. The first-order valence-corrected chi connectivity index (χ1v) is 10.0. The summed E-state index contributed by atoms with van der Waals surface area (Å²) in [6.07, 6.45) is 6.58. The van der Waals surface area contributed by atoms with E-state index in [2.05, 4.69) is 13.8 Å². The van der Waals surface area contributed by atoms with Crippen molar-refractivity contribution in [1.29, 1.82) is 0 Å². The molecule has 0 bridgehead atoms. The van der Waals surface area contributed by atoms with Crippen LogP contribution in [0.15, 0.2) is 0 Å². The molecule has 0 radical (unpaired) electrons. The maximum atomic E-state index is 6.00. The van der Waals surface area contributed by atoms with Crippen molar-refractivity contribution in [1.82, 2.24) is 0 Å². The van der Waals surface area contributed by atoms with Crippen LogP contribution in [0, 0.1) is 5.92 Å². The van der Waals surface area contributed by atoms with E-state index < -0.39 is 6.69 Å². The van der Waals surface area contributed by atoms with Gasteiger partial charge in [-0.1, -0.05) is 46.0 Å². The summed E-state index contributed by atoms with van der Waals surface area (Å²) in [5.74, 6) is 0.848. The van der Waals surface area contributed by atoms with Crippen molar-refractivity contribution >= 4 is 28.9 Å². The first-order valence-electron chi connectivity index (χ1n) is 5.29. The van der Waals surface area contributed by atoms with Crippen molar-refractivity contribution in [2.45, 2.75) is 58.5 Å². The van der Waals surface area contributed by atoms with E-state index in [1.807, 2.05) is 6.55 Å². The Morgan fingerprint density at radius 3 is 2.00 bits per heavy atom. The minimum absolute atomic E-state index is 0.848. The molecule has 0 saturated carbocycles. The topological polar surface area (TPSA) is 0 Å². The van der Waals surface area contributed by atoms with E-state index >= 15 is 0 Å². The zero-order chi connectivity index (χ0) is 10.3. The molecule has 0 unspecified atom stereocenters. The van der Waals surface area contributed by atoms with Crippen LogP contribution in [0.5, 0.6) is 0 Å². The first-order chi connectivity index (χ1) is 5.92. The molecule has 0 aromatic rings. The fraction of sp³-hybridized carbons (Fsp3) is 1.00. The van der Waals surface area contributed by atoms with Crippen LogP contribution in [-0.4, -0.2) is 6.69 Å². The van der Waals surface area contributed by atoms with Crippen LogP contribution in [0.25, 0.3) is 0 Å². The fourth-order valence-electron chi connectivity index (χ4n) is 1.34. The normalized spacial score (nSPS) is 12.5. The monoisotopic (exact) mass is 240 g/mol. The smallest absolute Gasteiger partial charge is 0.146 e. The number of hydrogen-bond acceptors (Lipinski definition) is 0. The van der Waals surface area contributed by atoms with Crippen LogP contribution in [0.4, 0.5) is 0 Å². The lowest BCUT2D eigenvalue weighted by Crippen LogP contribution is -2.11. The number of hydrogen-bond donors (Lipinski definition) is 0. The Morgan fingerprint density at radius 2 is 1.54 bits per heavy atom. The lowest BCUT2D eigenvalue weighted by Gasteiger charge is -2.09. The Labute approximate surface area is 93.4 Å².